The molecule has 3 heterocycles. The number of thiazole rings is 1. The summed E-state index contributed by atoms with van der Waals surface area (Å²) < 4.78 is 2.31. The molecule has 6 heteroatoms. The quantitative estimate of drug-likeness (QED) is 0.742. The fourth-order valence-corrected chi connectivity index (χ4v) is 3.64. The maximum Gasteiger partial charge on any atom is 0.273 e. The largest absolute Gasteiger partial charge is 0.333 e. The molecule has 1 aliphatic heterocycles. The number of carbonyl (C=O) groups excluding carboxylic acids is 1. The molecule has 0 unspecified atom stereocenters. The van der Waals surface area contributed by atoms with Gasteiger partial charge in [0.15, 0.2) is 0 Å². The predicted octanol–water partition coefficient (Wildman–Crippen LogP) is 3.31. The lowest BCUT2D eigenvalue weighted by atomic mass is 10.1. The van der Waals surface area contributed by atoms with Crippen LogP contribution < -0.4 is 0 Å². The van der Waals surface area contributed by atoms with Crippen molar-refractivity contribution < 1.29 is 4.79 Å². The van der Waals surface area contributed by atoms with E-state index in [0.717, 1.165) is 29.9 Å². The number of rotatable bonds is 3. The monoisotopic (exact) mass is 326 g/mol. The highest BCUT2D eigenvalue weighted by atomic mass is 32.1. The van der Waals surface area contributed by atoms with Crippen molar-refractivity contribution in [1.29, 1.82) is 0 Å². The topological polar surface area (TPSA) is 51.0 Å². The first kappa shape index (κ1) is 14.4. The molecule has 0 spiro atoms. The Balaban J connectivity index is 1.62. The van der Waals surface area contributed by atoms with Crippen LogP contribution in [0.4, 0.5) is 0 Å². The van der Waals surface area contributed by atoms with Gasteiger partial charge < -0.3 is 9.47 Å². The Morgan fingerprint density at radius 3 is 2.78 bits per heavy atom. The minimum absolute atomic E-state index is 0.0259. The minimum atomic E-state index is 0.0259. The molecule has 1 fully saturated rings. The zero-order chi connectivity index (χ0) is 16.0. The van der Waals surface area contributed by atoms with Gasteiger partial charge in [-0.3, -0.25) is 4.79 Å². The summed E-state index contributed by atoms with van der Waals surface area (Å²) in [5.74, 6) is 1.47. The molecule has 118 valence electrons. The molecular weight excluding hydrogens is 308 g/mol. The van der Waals surface area contributed by atoms with Crippen LogP contribution in [-0.2, 0) is 0 Å². The van der Waals surface area contributed by atoms with Crippen LogP contribution in [0, 0.1) is 0 Å². The van der Waals surface area contributed by atoms with E-state index in [4.69, 9.17) is 4.98 Å². The smallest absolute Gasteiger partial charge is 0.273 e. The molecule has 3 aromatic rings. The van der Waals surface area contributed by atoms with E-state index < -0.39 is 0 Å². The van der Waals surface area contributed by atoms with Gasteiger partial charge in [-0.1, -0.05) is 26.0 Å². The summed E-state index contributed by atoms with van der Waals surface area (Å²) in [6, 6.07) is 8.51. The zero-order valence-corrected chi connectivity index (χ0v) is 14.0. The van der Waals surface area contributed by atoms with Crippen LogP contribution in [0.5, 0.6) is 0 Å². The number of carbonyl (C=O) groups is 1. The van der Waals surface area contributed by atoms with Crippen molar-refractivity contribution in [2.45, 2.75) is 25.8 Å². The Hall–Kier alpha value is -2.21. The van der Waals surface area contributed by atoms with Crippen LogP contribution in [0.1, 0.15) is 42.1 Å². The number of likely N-dealkylation sites (tertiary alicyclic amines) is 1. The lowest BCUT2D eigenvalue weighted by molar-refractivity contribution is 0.0516. The highest BCUT2D eigenvalue weighted by Gasteiger charge is 2.35. The summed E-state index contributed by atoms with van der Waals surface area (Å²) in [4.78, 5) is 23.1. The van der Waals surface area contributed by atoms with Crippen LogP contribution in [0.15, 0.2) is 35.2 Å². The van der Waals surface area contributed by atoms with Gasteiger partial charge in [-0.25, -0.2) is 9.97 Å². The molecule has 1 saturated heterocycles. The van der Waals surface area contributed by atoms with Gasteiger partial charge in [0.2, 0.25) is 0 Å². The first-order valence-electron chi connectivity index (χ1n) is 7.79. The van der Waals surface area contributed by atoms with Gasteiger partial charge in [0.1, 0.15) is 11.5 Å². The predicted molar refractivity (Wildman–Crippen MR) is 90.9 cm³/mol. The molecule has 5 nitrogen and oxygen atoms in total. The maximum absolute atomic E-state index is 12.3. The molecular formula is C17H18N4OS. The molecule has 0 N–H and O–H groups in total. The summed E-state index contributed by atoms with van der Waals surface area (Å²) in [7, 11) is 0. The van der Waals surface area contributed by atoms with Crippen molar-refractivity contribution in [3.8, 4) is 0 Å². The summed E-state index contributed by atoms with van der Waals surface area (Å²) >= 11 is 1.45. The summed E-state index contributed by atoms with van der Waals surface area (Å²) in [5.41, 5.74) is 4.43. The second-order valence-electron chi connectivity index (χ2n) is 6.22. The SMILES string of the molecule is CC(C)c1nc2ccccc2n1C1CN(C(=O)c2cscn2)C1. The second-order valence-corrected chi connectivity index (χ2v) is 6.94. The molecule has 0 aliphatic carbocycles. The zero-order valence-electron chi connectivity index (χ0n) is 13.1. The van der Waals surface area contributed by atoms with Crippen molar-refractivity contribution in [3.05, 3.63) is 46.7 Å². The van der Waals surface area contributed by atoms with Gasteiger partial charge in [-0.05, 0) is 12.1 Å². The number of amides is 1. The Bertz CT molecular complexity index is 847. The molecule has 4 rings (SSSR count). The van der Waals surface area contributed by atoms with E-state index in [9.17, 15) is 4.79 Å². The second kappa shape index (κ2) is 5.45. The Morgan fingerprint density at radius 2 is 2.09 bits per heavy atom. The molecule has 0 saturated carbocycles. The third-order valence-corrected chi connectivity index (χ3v) is 4.89. The number of benzene rings is 1. The molecule has 2 aromatic heterocycles. The van der Waals surface area contributed by atoms with Gasteiger partial charge in [-0.2, -0.15) is 0 Å². The molecule has 23 heavy (non-hydrogen) atoms. The first-order chi connectivity index (χ1) is 11.1. The van der Waals surface area contributed by atoms with Gasteiger partial charge in [0.05, 0.1) is 22.6 Å². The number of aromatic nitrogens is 3. The number of hydrogen-bond donors (Lipinski definition) is 0. The van der Waals surface area contributed by atoms with E-state index in [1.165, 1.54) is 11.3 Å². The third-order valence-electron chi connectivity index (χ3n) is 4.31. The normalized spacial score (nSPS) is 15.3. The number of hydrogen-bond acceptors (Lipinski definition) is 4. The van der Waals surface area contributed by atoms with Gasteiger partial charge >= 0.3 is 0 Å². The van der Waals surface area contributed by atoms with Crippen molar-refractivity contribution in [3.63, 3.8) is 0 Å². The standard InChI is InChI=1S/C17H18N4OS/c1-11(2)16-19-13-5-3-4-6-15(13)21(16)12-7-20(8-12)17(22)14-9-23-10-18-14/h3-6,9-12H,7-8H2,1-2H3. The Kier molecular flexibility index (Phi) is 3.41. The van der Waals surface area contributed by atoms with Crippen LogP contribution in [0.25, 0.3) is 11.0 Å². The highest BCUT2D eigenvalue weighted by molar-refractivity contribution is 7.07. The van der Waals surface area contributed by atoms with Crippen LogP contribution in [0.2, 0.25) is 0 Å². The van der Waals surface area contributed by atoms with Gasteiger partial charge in [0, 0.05) is 24.4 Å². The fraction of sp³-hybridized carbons (Fsp3) is 0.353. The number of imidazole rings is 1. The van der Waals surface area contributed by atoms with Crippen LogP contribution in [0.3, 0.4) is 0 Å². The number of fused-ring (bicyclic) bond motifs is 1. The van der Waals surface area contributed by atoms with Crippen LogP contribution in [-0.4, -0.2) is 38.4 Å². The molecule has 0 bridgehead atoms. The minimum Gasteiger partial charge on any atom is -0.333 e. The van der Waals surface area contributed by atoms with E-state index in [1.807, 2.05) is 22.4 Å². The van der Waals surface area contributed by atoms with Crippen molar-refractivity contribution in [2.75, 3.05) is 13.1 Å². The lowest BCUT2D eigenvalue weighted by Gasteiger charge is -2.40. The average molecular weight is 326 g/mol. The van der Waals surface area contributed by atoms with Crippen LogP contribution >= 0.6 is 11.3 Å². The molecule has 0 radical (unpaired) electrons. The summed E-state index contributed by atoms with van der Waals surface area (Å²) in [6.07, 6.45) is 0. The Morgan fingerprint density at radius 1 is 1.30 bits per heavy atom. The van der Waals surface area contributed by atoms with Crippen molar-refractivity contribution >= 4 is 28.3 Å². The van der Waals surface area contributed by atoms with E-state index >= 15 is 0 Å². The molecule has 0 atom stereocenters. The summed E-state index contributed by atoms with van der Waals surface area (Å²) in [5, 5.41) is 1.81. The lowest BCUT2D eigenvalue weighted by Crippen LogP contribution is -2.51. The van der Waals surface area contributed by atoms with E-state index in [0.29, 0.717) is 17.7 Å². The van der Waals surface area contributed by atoms with Gasteiger partial charge in [0.25, 0.3) is 5.91 Å². The maximum atomic E-state index is 12.3. The van der Waals surface area contributed by atoms with Gasteiger partial charge in [-0.15, -0.1) is 11.3 Å². The van der Waals surface area contributed by atoms with E-state index in [1.54, 1.807) is 5.51 Å². The third kappa shape index (κ3) is 2.34. The van der Waals surface area contributed by atoms with E-state index in [-0.39, 0.29) is 5.91 Å². The fourth-order valence-electron chi connectivity index (χ4n) is 3.12. The molecule has 1 aliphatic rings. The molecule has 1 amide bonds. The first-order valence-corrected chi connectivity index (χ1v) is 8.73. The van der Waals surface area contributed by atoms with Crippen molar-refractivity contribution in [2.24, 2.45) is 0 Å². The Labute approximate surface area is 138 Å². The highest BCUT2D eigenvalue weighted by Crippen LogP contribution is 2.31. The molecule has 1 aromatic carbocycles. The average Bonchev–Trinajstić information content (AvgIpc) is 3.13. The summed E-state index contributed by atoms with van der Waals surface area (Å²) in [6.45, 7) is 5.76. The van der Waals surface area contributed by atoms with E-state index in [2.05, 4.69) is 35.5 Å². The number of nitrogens with zero attached hydrogens (tertiary/aromatic N) is 4. The van der Waals surface area contributed by atoms with Crippen molar-refractivity contribution in [1.82, 2.24) is 19.4 Å². The number of para-hydroxylation sites is 2.